The average Bonchev–Trinajstić information content (AvgIpc) is 3.19. The van der Waals surface area contributed by atoms with E-state index in [-0.39, 0.29) is 30.8 Å². The lowest BCUT2D eigenvalue weighted by atomic mass is 10.1. The molecule has 2 fully saturated rings. The van der Waals surface area contributed by atoms with Crippen LogP contribution in [0.1, 0.15) is 64.6 Å². The molecule has 11 heteroatoms. The largest absolute Gasteiger partial charge is 0.444 e. The maximum atomic E-state index is 13.5. The third-order valence-corrected chi connectivity index (χ3v) is 6.09. The number of carbonyl (C=O) groups is 4. The van der Waals surface area contributed by atoms with Crippen LogP contribution in [0.15, 0.2) is 24.4 Å². The number of nitrogens with one attached hydrogen (secondary N) is 3. The van der Waals surface area contributed by atoms with Crippen molar-refractivity contribution in [2.45, 2.75) is 82.6 Å². The van der Waals surface area contributed by atoms with Crippen LogP contribution in [0.5, 0.6) is 0 Å². The number of carbonyl (C=O) groups excluding carboxylic acids is 4. The number of primary amides is 1. The SMILES string of the molecule is CC(C)(C)OC(=O)N[C@H]1CNCCC2CC[C@@H](C(=O)N[C@@H](CCC(N)=O)c3ccccn3)N2C1=O. The van der Waals surface area contributed by atoms with Crippen molar-refractivity contribution in [3.05, 3.63) is 30.1 Å². The molecule has 2 aliphatic heterocycles. The van der Waals surface area contributed by atoms with Gasteiger partial charge in [-0.3, -0.25) is 19.4 Å². The Hall–Kier alpha value is -3.21. The molecule has 0 aromatic carbocycles. The van der Waals surface area contributed by atoms with Crippen molar-refractivity contribution in [3.63, 3.8) is 0 Å². The van der Waals surface area contributed by atoms with E-state index in [2.05, 4.69) is 20.9 Å². The number of nitrogens with two attached hydrogens (primary N) is 1. The summed E-state index contributed by atoms with van der Waals surface area (Å²) in [5, 5.41) is 8.84. The van der Waals surface area contributed by atoms with Crippen molar-refractivity contribution >= 4 is 23.8 Å². The third-order valence-electron chi connectivity index (χ3n) is 6.09. The van der Waals surface area contributed by atoms with Gasteiger partial charge < -0.3 is 31.3 Å². The van der Waals surface area contributed by atoms with Crippen LogP contribution in [0.4, 0.5) is 4.79 Å². The van der Waals surface area contributed by atoms with Gasteiger partial charge in [-0.15, -0.1) is 0 Å². The Morgan fingerprint density at radius 2 is 2.03 bits per heavy atom. The first-order chi connectivity index (χ1) is 16.5. The van der Waals surface area contributed by atoms with E-state index in [1.807, 2.05) is 0 Å². The smallest absolute Gasteiger partial charge is 0.408 e. The Labute approximate surface area is 205 Å². The van der Waals surface area contributed by atoms with E-state index in [4.69, 9.17) is 10.5 Å². The molecule has 11 nitrogen and oxygen atoms in total. The number of fused-ring (bicyclic) bond motifs is 1. The van der Waals surface area contributed by atoms with Crippen molar-refractivity contribution in [3.8, 4) is 0 Å². The molecule has 4 atom stereocenters. The van der Waals surface area contributed by atoms with Crippen molar-refractivity contribution < 1.29 is 23.9 Å². The quantitative estimate of drug-likeness (QED) is 0.441. The standard InChI is InChI=1S/C24H36N6O5/c1-24(2,3)35-23(34)29-18-14-26-13-11-15-7-9-19(30(15)22(18)33)21(32)28-17(8-10-20(25)31)16-6-4-5-12-27-16/h4-6,12,15,17-19,26H,7-11,13-14H2,1-3H3,(H2,25,31)(H,28,32)(H,29,34)/t15?,17-,18-,19-/m0/s1. The predicted octanol–water partition coefficient (Wildman–Crippen LogP) is 0.751. The van der Waals surface area contributed by atoms with E-state index in [0.29, 0.717) is 37.9 Å². The molecule has 1 aromatic heterocycles. The van der Waals surface area contributed by atoms with E-state index in [1.165, 1.54) is 0 Å². The highest BCUT2D eigenvalue weighted by molar-refractivity contribution is 5.92. The van der Waals surface area contributed by atoms with Crippen LogP contribution in [-0.2, 0) is 19.1 Å². The topological polar surface area (TPSA) is 156 Å². The van der Waals surface area contributed by atoms with Gasteiger partial charge in [0.15, 0.2) is 0 Å². The van der Waals surface area contributed by atoms with E-state index in [9.17, 15) is 19.2 Å². The average molecular weight is 489 g/mol. The van der Waals surface area contributed by atoms with Crippen LogP contribution in [0.2, 0.25) is 0 Å². The molecule has 192 valence electrons. The zero-order chi connectivity index (χ0) is 25.6. The van der Waals surface area contributed by atoms with Gasteiger partial charge in [-0.2, -0.15) is 0 Å². The molecule has 5 N–H and O–H groups in total. The molecular weight excluding hydrogens is 452 g/mol. The number of nitrogens with zero attached hydrogens (tertiary/aromatic N) is 2. The lowest BCUT2D eigenvalue weighted by molar-refractivity contribution is -0.142. The van der Waals surface area contributed by atoms with E-state index in [1.54, 1.807) is 50.1 Å². The molecule has 3 heterocycles. The van der Waals surface area contributed by atoms with Crippen molar-refractivity contribution in [1.29, 1.82) is 0 Å². The highest BCUT2D eigenvalue weighted by Crippen LogP contribution is 2.29. The Morgan fingerprint density at radius 1 is 1.26 bits per heavy atom. The predicted molar refractivity (Wildman–Crippen MR) is 128 cm³/mol. The van der Waals surface area contributed by atoms with Gasteiger partial charge in [0.05, 0.1) is 11.7 Å². The summed E-state index contributed by atoms with van der Waals surface area (Å²) in [4.78, 5) is 56.6. The fraction of sp³-hybridized carbons (Fsp3) is 0.625. The first kappa shape index (κ1) is 26.4. The molecule has 1 aromatic rings. The van der Waals surface area contributed by atoms with Gasteiger partial charge in [-0.25, -0.2) is 4.79 Å². The van der Waals surface area contributed by atoms with Crippen LogP contribution in [0, 0.1) is 0 Å². The lowest BCUT2D eigenvalue weighted by Gasteiger charge is -2.36. The Balaban J connectivity index is 1.75. The van der Waals surface area contributed by atoms with Gasteiger partial charge in [0, 0.05) is 25.2 Å². The molecule has 35 heavy (non-hydrogen) atoms. The Morgan fingerprint density at radius 3 is 2.69 bits per heavy atom. The summed E-state index contributed by atoms with van der Waals surface area (Å²) in [5.41, 5.74) is 5.24. The van der Waals surface area contributed by atoms with Crippen LogP contribution in [0.25, 0.3) is 0 Å². The zero-order valence-corrected chi connectivity index (χ0v) is 20.6. The van der Waals surface area contributed by atoms with Crippen LogP contribution >= 0.6 is 0 Å². The van der Waals surface area contributed by atoms with Gasteiger partial charge in [-0.1, -0.05) is 6.07 Å². The number of hydrogen-bond acceptors (Lipinski definition) is 7. The normalized spacial score (nSPS) is 23.5. The Bertz CT molecular complexity index is 919. The van der Waals surface area contributed by atoms with Crippen LogP contribution in [-0.4, -0.2) is 70.5 Å². The Kier molecular flexibility index (Phi) is 8.66. The first-order valence-corrected chi connectivity index (χ1v) is 12.1. The minimum absolute atomic E-state index is 0.0883. The van der Waals surface area contributed by atoms with E-state index < -0.39 is 35.7 Å². The lowest BCUT2D eigenvalue weighted by Crippen LogP contribution is -2.60. The van der Waals surface area contributed by atoms with Gasteiger partial charge >= 0.3 is 6.09 Å². The van der Waals surface area contributed by atoms with Gasteiger partial charge in [0.25, 0.3) is 0 Å². The fourth-order valence-corrected chi connectivity index (χ4v) is 4.53. The molecule has 0 spiro atoms. The summed E-state index contributed by atoms with van der Waals surface area (Å²) in [6.07, 6.45) is 3.22. The second kappa shape index (κ2) is 11.5. The number of ether oxygens (including phenoxy) is 1. The highest BCUT2D eigenvalue weighted by Gasteiger charge is 2.44. The molecule has 2 saturated heterocycles. The second-order valence-electron chi connectivity index (χ2n) is 10.0. The summed E-state index contributed by atoms with van der Waals surface area (Å²) >= 11 is 0. The molecular formula is C24H36N6O5. The first-order valence-electron chi connectivity index (χ1n) is 12.1. The number of aromatic nitrogens is 1. The molecule has 0 bridgehead atoms. The summed E-state index contributed by atoms with van der Waals surface area (Å²) in [5.74, 6) is -1.11. The number of rotatable bonds is 7. The second-order valence-corrected chi connectivity index (χ2v) is 10.0. The number of hydrogen-bond donors (Lipinski definition) is 4. The van der Waals surface area contributed by atoms with Crippen LogP contribution in [0.3, 0.4) is 0 Å². The molecule has 1 unspecified atom stereocenters. The highest BCUT2D eigenvalue weighted by atomic mass is 16.6. The minimum Gasteiger partial charge on any atom is -0.444 e. The van der Waals surface area contributed by atoms with Crippen LogP contribution < -0.4 is 21.7 Å². The number of pyridine rings is 1. The molecule has 0 saturated carbocycles. The molecule has 0 radical (unpaired) electrons. The molecule has 0 aliphatic carbocycles. The molecule has 2 aliphatic rings. The molecule has 3 rings (SSSR count). The van der Waals surface area contributed by atoms with Gasteiger partial charge in [-0.05, 0) is 65.1 Å². The third kappa shape index (κ3) is 7.38. The summed E-state index contributed by atoms with van der Waals surface area (Å²) in [7, 11) is 0. The minimum atomic E-state index is -0.859. The van der Waals surface area contributed by atoms with E-state index >= 15 is 0 Å². The molecule has 4 amide bonds. The van der Waals surface area contributed by atoms with Crippen molar-refractivity contribution in [1.82, 2.24) is 25.8 Å². The number of amides is 4. The monoisotopic (exact) mass is 488 g/mol. The fourth-order valence-electron chi connectivity index (χ4n) is 4.53. The summed E-state index contributed by atoms with van der Waals surface area (Å²) in [6.45, 7) is 6.14. The summed E-state index contributed by atoms with van der Waals surface area (Å²) in [6, 6.07) is 3.17. The zero-order valence-electron chi connectivity index (χ0n) is 20.6. The van der Waals surface area contributed by atoms with Gasteiger partial charge in [0.1, 0.15) is 17.7 Å². The van der Waals surface area contributed by atoms with Crippen molar-refractivity contribution in [2.24, 2.45) is 5.73 Å². The van der Waals surface area contributed by atoms with Gasteiger partial charge in [0.2, 0.25) is 17.7 Å². The summed E-state index contributed by atoms with van der Waals surface area (Å²) < 4.78 is 5.32. The maximum absolute atomic E-state index is 13.5. The van der Waals surface area contributed by atoms with Crippen molar-refractivity contribution in [2.75, 3.05) is 13.1 Å². The van der Waals surface area contributed by atoms with E-state index in [0.717, 1.165) is 0 Å². The maximum Gasteiger partial charge on any atom is 0.408 e. The number of alkyl carbamates (subject to hydrolysis) is 1.